The van der Waals surface area contributed by atoms with E-state index in [0.717, 1.165) is 16.7 Å². The highest BCUT2D eigenvalue weighted by molar-refractivity contribution is 7.75. The van der Waals surface area contributed by atoms with E-state index >= 15 is 0 Å². The zero-order chi connectivity index (χ0) is 24.3. The van der Waals surface area contributed by atoms with E-state index in [-0.39, 0.29) is 0 Å². The normalized spacial score (nSPS) is 14.9. The highest BCUT2D eigenvalue weighted by atomic mass is 31.2. The lowest BCUT2D eigenvalue weighted by Gasteiger charge is -2.30. The summed E-state index contributed by atoms with van der Waals surface area (Å²) in [5.41, 5.74) is 2.76. The SMILES string of the molecule is CC.CC.CC.COc1cc(P2(=O)Oc3ccccc3-c3ccccc32)c(OC)cc1C. The van der Waals surface area contributed by atoms with Gasteiger partial charge in [0.15, 0.2) is 0 Å². The summed E-state index contributed by atoms with van der Waals surface area (Å²) in [5, 5.41) is 1.17. The van der Waals surface area contributed by atoms with E-state index < -0.39 is 7.37 Å². The van der Waals surface area contributed by atoms with Crippen LogP contribution in [-0.4, -0.2) is 14.2 Å². The molecule has 1 unspecified atom stereocenters. The summed E-state index contributed by atoms with van der Waals surface area (Å²) in [6.45, 7) is 13.9. The number of fused-ring (bicyclic) bond motifs is 3. The van der Waals surface area contributed by atoms with E-state index in [1.807, 2.05) is 103 Å². The van der Waals surface area contributed by atoms with Gasteiger partial charge in [0.25, 0.3) is 0 Å². The zero-order valence-electron chi connectivity index (χ0n) is 20.9. The molecule has 1 aliphatic heterocycles. The van der Waals surface area contributed by atoms with Gasteiger partial charge in [-0.15, -0.1) is 0 Å². The van der Waals surface area contributed by atoms with E-state index in [0.29, 0.717) is 27.9 Å². The van der Waals surface area contributed by atoms with Crippen molar-refractivity contribution < 1.29 is 18.6 Å². The first-order valence-corrected chi connectivity index (χ1v) is 12.9. The summed E-state index contributed by atoms with van der Waals surface area (Å²) < 4.78 is 31.3. The molecule has 1 atom stereocenters. The molecule has 32 heavy (non-hydrogen) atoms. The van der Waals surface area contributed by atoms with E-state index in [2.05, 4.69) is 0 Å². The lowest BCUT2D eigenvalue weighted by atomic mass is 10.0. The van der Waals surface area contributed by atoms with Crippen LogP contribution in [0.25, 0.3) is 11.1 Å². The fourth-order valence-electron chi connectivity index (χ4n) is 3.36. The lowest BCUT2D eigenvalue weighted by Crippen LogP contribution is -2.26. The van der Waals surface area contributed by atoms with Crippen molar-refractivity contribution in [2.45, 2.75) is 48.5 Å². The molecule has 0 aromatic heterocycles. The quantitative estimate of drug-likeness (QED) is 0.386. The van der Waals surface area contributed by atoms with Crippen LogP contribution in [0.4, 0.5) is 0 Å². The number of aryl methyl sites for hydroxylation is 1. The summed E-state index contributed by atoms with van der Waals surface area (Å²) in [6, 6.07) is 18.9. The molecule has 0 N–H and O–H groups in total. The van der Waals surface area contributed by atoms with Gasteiger partial charge in [-0.25, -0.2) is 0 Å². The van der Waals surface area contributed by atoms with Crippen molar-refractivity contribution in [1.29, 1.82) is 0 Å². The monoisotopic (exact) mass is 456 g/mol. The Morgan fingerprint density at radius 1 is 0.688 bits per heavy atom. The van der Waals surface area contributed by atoms with Crippen LogP contribution in [0.3, 0.4) is 0 Å². The highest BCUT2D eigenvalue weighted by Gasteiger charge is 2.40. The van der Waals surface area contributed by atoms with Crippen LogP contribution >= 0.6 is 7.37 Å². The Balaban J connectivity index is 0.000000789. The van der Waals surface area contributed by atoms with Crippen molar-refractivity contribution in [3.8, 4) is 28.4 Å². The van der Waals surface area contributed by atoms with Crippen LogP contribution in [0.5, 0.6) is 17.2 Å². The summed E-state index contributed by atoms with van der Waals surface area (Å²) >= 11 is 0. The molecule has 0 spiro atoms. The smallest absolute Gasteiger partial charge is 0.311 e. The predicted octanol–water partition coefficient (Wildman–Crippen LogP) is 7.38. The van der Waals surface area contributed by atoms with Crippen molar-refractivity contribution >= 4 is 18.0 Å². The third-order valence-corrected chi connectivity index (χ3v) is 7.10. The maximum atomic E-state index is 14.2. The molecule has 0 aliphatic carbocycles. The molecule has 0 radical (unpaired) electrons. The number of rotatable bonds is 3. The van der Waals surface area contributed by atoms with Gasteiger partial charge in [-0.3, -0.25) is 4.57 Å². The third-order valence-electron chi connectivity index (χ3n) is 4.64. The van der Waals surface area contributed by atoms with Crippen LogP contribution in [0.2, 0.25) is 0 Å². The third kappa shape index (κ3) is 5.19. The van der Waals surface area contributed by atoms with Crippen molar-refractivity contribution in [2.24, 2.45) is 0 Å². The standard InChI is InChI=1S/C21H19O4P.3C2H6/c1-14-12-19(24-3)21(13-18(14)23-2)26(22)20-11-7-5-9-16(20)15-8-4-6-10-17(15)25-26;3*1-2/h4-13H,1-3H3;3*1-2H3. The molecule has 0 bridgehead atoms. The van der Waals surface area contributed by atoms with Gasteiger partial charge in [-0.2, -0.15) is 0 Å². The van der Waals surface area contributed by atoms with E-state index in [9.17, 15) is 4.57 Å². The molecule has 0 saturated heterocycles. The van der Waals surface area contributed by atoms with Gasteiger partial charge in [0.2, 0.25) is 0 Å². The van der Waals surface area contributed by atoms with Gasteiger partial charge in [-0.1, -0.05) is 77.9 Å². The Morgan fingerprint density at radius 3 is 1.81 bits per heavy atom. The molecular formula is C27H37O4P. The van der Waals surface area contributed by atoms with Crippen molar-refractivity contribution in [2.75, 3.05) is 14.2 Å². The fourth-order valence-corrected chi connectivity index (χ4v) is 5.78. The molecular weight excluding hydrogens is 419 g/mol. The minimum absolute atomic E-state index is 0.504. The van der Waals surface area contributed by atoms with Crippen LogP contribution in [-0.2, 0) is 4.57 Å². The molecule has 4 nitrogen and oxygen atoms in total. The van der Waals surface area contributed by atoms with Crippen LogP contribution < -0.4 is 24.6 Å². The first-order valence-electron chi connectivity index (χ1n) is 11.3. The molecule has 4 rings (SSSR count). The average Bonchev–Trinajstić information content (AvgIpc) is 2.87. The second-order valence-corrected chi connectivity index (χ2v) is 8.40. The first-order chi connectivity index (χ1) is 15.6. The minimum atomic E-state index is -3.41. The fraction of sp³-hybridized carbons (Fsp3) is 0.333. The molecule has 3 aromatic carbocycles. The summed E-state index contributed by atoms with van der Waals surface area (Å²) in [6.07, 6.45) is 0. The number of benzene rings is 3. The Bertz CT molecular complexity index is 1040. The second kappa shape index (κ2) is 13.0. The topological polar surface area (TPSA) is 44.8 Å². The largest absolute Gasteiger partial charge is 0.496 e. The van der Waals surface area contributed by atoms with Gasteiger partial charge in [-0.05, 0) is 42.3 Å². The first kappa shape index (κ1) is 27.3. The zero-order valence-corrected chi connectivity index (χ0v) is 21.7. The number of methoxy groups -OCH3 is 2. The highest BCUT2D eigenvalue weighted by Crippen LogP contribution is 2.55. The van der Waals surface area contributed by atoms with Crippen molar-refractivity contribution in [3.05, 3.63) is 66.2 Å². The van der Waals surface area contributed by atoms with Gasteiger partial charge < -0.3 is 14.0 Å². The summed E-state index contributed by atoms with van der Waals surface area (Å²) in [7, 11) is -0.240. The Labute approximate surface area is 194 Å². The average molecular weight is 457 g/mol. The molecule has 5 heteroatoms. The number of para-hydroxylation sites is 1. The van der Waals surface area contributed by atoms with Crippen LogP contribution in [0.1, 0.15) is 47.1 Å². The molecule has 1 heterocycles. The van der Waals surface area contributed by atoms with Crippen LogP contribution in [0, 0.1) is 6.92 Å². The molecule has 0 saturated carbocycles. The minimum Gasteiger partial charge on any atom is -0.496 e. The van der Waals surface area contributed by atoms with E-state index in [4.69, 9.17) is 14.0 Å². The van der Waals surface area contributed by atoms with E-state index in [1.54, 1.807) is 20.3 Å². The molecule has 0 amide bonds. The maximum Gasteiger partial charge on any atom is 0.311 e. The lowest BCUT2D eigenvalue weighted by molar-refractivity contribution is 0.402. The Hall–Kier alpha value is -2.71. The van der Waals surface area contributed by atoms with Gasteiger partial charge in [0.1, 0.15) is 17.2 Å². The second-order valence-electron chi connectivity index (χ2n) is 6.15. The number of hydrogen-bond acceptors (Lipinski definition) is 4. The van der Waals surface area contributed by atoms with Gasteiger partial charge in [0, 0.05) is 5.56 Å². The molecule has 0 fully saturated rings. The number of hydrogen-bond donors (Lipinski definition) is 0. The van der Waals surface area contributed by atoms with Gasteiger partial charge in [0.05, 0.1) is 24.8 Å². The molecule has 174 valence electrons. The Kier molecular flexibility index (Phi) is 11.1. The van der Waals surface area contributed by atoms with E-state index in [1.165, 1.54) is 0 Å². The number of ether oxygens (including phenoxy) is 2. The maximum absolute atomic E-state index is 14.2. The van der Waals surface area contributed by atoms with Crippen molar-refractivity contribution in [3.63, 3.8) is 0 Å². The van der Waals surface area contributed by atoms with Gasteiger partial charge >= 0.3 is 7.37 Å². The summed E-state index contributed by atoms with van der Waals surface area (Å²) in [5.74, 6) is 1.79. The predicted molar refractivity (Wildman–Crippen MR) is 138 cm³/mol. The molecule has 1 aliphatic rings. The molecule has 3 aromatic rings. The van der Waals surface area contributed by atoms with Crippen molar-refractivity contribution in [1.82, 2.24) is 0 Å². The Morgan fingerprint density at radius 2 is 1.22 bits per heavy atom. The summed E-state index contributed by atoms with van der Waals surface area (Å²) in [4.78, 5) is 0. The van der Waals surface area contributed by atoms with Crippen LogP contribution in [0.15, 0.2) is 60.7 Å².